The second kappa shape index (κ2) is 9.97. The number of nitrogens with zero attached hydrogens (tertiary/aromatic N) is 1. The number of thiocarbonyl (C=S) groups is 1. The van der Waals surface area contributed by atoms with E-state index in [-0.39, 0.29) is 17.6 Å². The fraction of sp³-hybridized carbons (Fsp3) is 0.167. The molecule has 9 heteroatoms. The maximum absolute atomic E-state index is 12.1. The Kier molecular flexibility index (Phi) is 7.38. The monoisotopic (exact) mass is 388 g/mol. The number of nitrogens with one attached hydrogen (secondary N) is 2. The Bertz CT molecular complexity index is 842. The molecule has 2 rings (SSSR count). The van der Waals surface area contributed by atoms with Crippen LogP contribution in [0.4, 0.5) is 5.69 Å². The van der Waals surface area contributed by atoms with Gasteiger partial charge in [0.15, 0.2) is 23.2 Å². The number of para-hydroxylation sites is 2. The predicted molar refractivity (Wildman–Crippen MR) is 108 cm³/mol. The van der Waals surface area contributed by atoms with Crippen molar-refractivity contribution in [1.29, 1.82) is 0 Å². The number of hydrogen-bond donors (Lipinski definition) is 3. The zero-order valence-electron chi connectivity index (χ0n) is 14.9. The zero-order chi connectivity index (χ0) is 19.6. The number of carbonyl (C=O) groups is 1. The van der Waals surface area contributed by atoms with Crippen LogP contribution in [0.15, 0.2) is 47.6 Å². The molecular formula is C18H20N4O4S. The summed E-state index contributed by atoms with van der Waals surface area (Å²) in [5.41, 5.74) is 9.06. The van der Waals surface area contributed by atoms with Gasteiger partial charge in [-0.05, 0) is 48.1 Å². The molecule has 0 atom stereocenters. The molecule has 0 aliphatic carbocycles. The molecule has 0 unspecified atom stereocenters. The Morgan fingerprint density at radius 2 is 1.89 bits per heavy atom. The van der Waals surface area contributed by atoms with Crippen molar-refractivity contribution < 1.29 is 19.0 Å². The number of anilines is 1. The van der Waals surface area contributed by atoms with E-state index in [1.165, 1.54) is 20.4 Å². The van der Waals surface area contributed by atoms with Crippen molar-refractivity contribution in [2.45, 2.75) is 0 Å². The molecule has 0 saturated carbocycles. The van der Waals surface area contributed by atoms with E-state index in [0.29, 0.717) is 22.9 Å². The summed E-state index contributed by atoms with van der Waals surface area (Å²) in [7, 11) is 3.04. The number of methoxy groups -OCH3 is 2. The lowest BCUT2D eigenvalue weighted by molar-refractivity contribution is -0.118. The van der Waals surface area contributed by atoms with Gasteiger partial charge in [0.1, 0.15) is 5.75 Å². The van der Waals surface area contributed by atoms with Crippen molar-refractivity contribution in [3.63, 3.8) is 0 Å². The van der Waals surface area contributed by atoms with Crippen LogP contribution in [0.5, 0.6) is 17.2 Å². The van der Waals surface area contributed by atoms with Crippen LogP contribution in [-0.2, 0) is 4.79 Å². The molecule has 0 spiro atoms. The van der Waals surface area contributed by atoms with Gasteiger partial charge in [-0.3, -0.25) is 10.2 Å². The van der Waals surface area contributed by atoms with E-state index in [2.05, 4.69) is 28.1 Å². The van der Waals surface area contributed by atoms with E-state index in [9.17, 15) is 4.79 Å². The molecule has 142 valence electrons. The van der Waals surface area contributed by atoms with Crippen LogP contribution in [0.25, 0.3) is 0 Å². The number of hydrazone groups is 1. The first kappa shape index (κ1) is 20.0. The maximum Gasteiger partial charge on any atom is 0.262 e. The van der Waals surface area contributed by atoms with Crippen molar-refractivity contribution >= 4 is 35.1 Å². The number of nitrogens with two attached hydrogens (primary N) is 1. The van der Waals surface area contributed by atoms with Gasteiger partial charge in [0.25, 0.3) is 5.91 Å². The molecule has 2 aromatic carbocycles. The SMILES string of the molecule is COc1ccccc1NC(=O)COc1ccc(C=NNC(N)=S)cc1OC. The minimum Gasteiger partial charge on any atom is -0.495 e. The molecule has 0 bridgehead atoms. The first-order valence-corrected chi connectivity index (χ1v) is 8.26. The Hall–Kier alpha value is -3.33. The van der Waals surface area contributed by atoms with E-state index >= 15 is 0 Å². The van der Waals surface area contributed by atoms with E-state index in [1.54, 1.807) is 36.4 Å². The van der Waals surface area contributed by atoms with Crippen molar-refractivity contribution in [2.24, 2.45) is 10.8 Å². The topological polar surface area (TPSA) is 107 Å². The zero-order valence-corrected chi connectivity index (χ0v) is 15.7. The number of carbonyl (C=O) groups excluding carboxylic acids is 1. The van der Waals surface area contributed by atoms with Crippen molar-refractivity contribution in [1.82, 2.24) is 5.43 Å². The standard InChI is InChI=1S/C18H20N4O4S/c1-24-14-6-4-3-5-13(14)21-17(23)11-26-15-8-7-12(9-16(15)25-2)10-20-22-18(19)27/h3-10H,11H2,1-2H3,(H,21,23)(H3,19,22,27). The molecule has 0 radical (unpaired) electrons. The number of benzene rings is 2. The van der Waals surface area contributed by atoms with Crippen molar-refractivity contribution in [2.75, 3.05) is 26.1 Å². The lowest BCUT2D eigenvalue weighted by atomic mass is 10.2. The first-order valence-electron chi connectivity index (χ1n) is 7.85. The molecular weight excluding hydrogens is 368 g/mol. The first-order chi connectivity index (χ1) is 13.0. The van der Waals surface area contributed by atoms with Crippen LogP contribution in [0.1, 0.15) is 5.56 Å². The molecule has 0 aromatic heterocycles. The smallest absolute Gasteiger partial charge is 0.262 e. The molecule has 8 nitrogen and oxygen atoms in total. The Morgan fingerprint density at radius 3 is 2.59 bits per heavy atom. The van der Waals surface area contributed by atoms with Gasteiger partial charge < -0.3 is 25.3 Å². The van der Waals surface area contributed by atoms with Crippen LogP contribution >= 0.6 is 12.2 Å². The summed E-state index contributed by atoms with van der Waals surface area (Å²) in [5, 5.41) is 6.67. The summed E-state index contributed by atoms with van der Waals surface area (Å²) in [6, 6.07) is 12.3. The van der Waals surface area contributed by atoms with Crippen LogP contribution in [0, 0.1) is 0 Å². The van der Waals surface area contributed by atoms with Crippen LogP contribution < -0.4 is 30.7 Å². The van der Waals surface area contributed by atoms with Gasteiger partial charge in [-0.25, -0.2) is 0 Å². The van der Waals surface area contributed by atoms with Crippen molar-refractivity contribution in [3.05, 3.63) is 48.0 Å². The molecule has 0 fully saturated rings. The van der Waals surface area contributed by atoms with E-state index in [0.717, 1.165) is 5.56 Å². The van der Waals surface area contributed by atoms with Gasteiger partial charge in [-0.1, -0.05) is 12.1 Å². The fourth-order valence-electron chi connectivity index (χ4n) is 2.13. The Morgan fingerprint density at radius 1 is 1.15 bits per heavy atom. The summed E-state index contributed by atoms with van der Waals surface area (Å²) in [4.78, 5) is 12.1. The lowest BCUT2D eigenvalue weighted by Crippen LogP contribution is -2.24. The van der Waals surface area contributed by atoms with E-state index in [4.69, 9.17) is 19.9 Å². The highest BCUT2D eigenvalue weighted by molar-refractivity contribution is 7.80. The van der Waals surface area contributed by atoms with Crippen LogP contribution in [0.3, 0.4) is 0 Å². The van der Waals surface area contributed by atoms with Gasteiger partial charge in [0.2, 0.25) is 0 Å². The average molecular weight is 388 g/mol. The molecule has 27 heavy (non-hydrogen) atoms. The lowest BCUT2D eigenvalue weighted by Gasteiger charge is -2.12. The summed E-state index contributed by atoms with van der Waals surface area (Å²) in [5.74, 6) is 1.12. The third-order valence-corrected chi connectivity index (χ3v) is 3.41. The highest BCUT2D eigenvalue weighted by Crippen LogP contribution is 2.28. The van der Waals surface area contributed by atoms with E-state index < -0.39 is 0 Å². The Balaban J connectivity index is 1.99. The maximum atomic E-state index is 12.1. The van der Waals surface area contributed by atoms with Gasteiger partial charge in [-0.2, -0.15) is 5.10 Å². The van der Waals surface area contributed by atoms with Crippen molar-refractivity contribution in [3.8, 4) is 17.2 Å². The minimum atomic E-state index is -0.326. The molecule has 4 N–H and O–H groups in total. The molecule has 0 aliphatic rings. The summed E-state index contributed by atoms with van der Waals surface area (Å²) >= 11 is 4.66. The molecule has 2 aromatic rings. The van der Waals surface area contributed by atoms with Gasteiger partial charge in [-0.15, -0.1) is 0 Å². The normalized spacial score (nSPS) is 10.3. The van der Waals surface area contributed by atoms with Crippen LogP contribution in [0.2, 0.25) is 0 Å². The Labute approximate surface area is 162 Å². The number of ether oxygens (including phenoxy) is 3. The third-order valence-electron chi connectivity index (χ3n) is 3.32. The fourth-order valence-corrected chi connectivity index (χ4v) is 2.18. The molecule has 0 heterocycles. The van der Waals surface area contributed by atoms with Crippen LogP contribution in [-0.4, -0.2) is 38.1 Å². The minimum absolute atomic E-state index is 0.0687. The largest absolute Gasteiger partial charge is 0.495 e. The number of rotatable bonds is 8. The van der Waals surface area contributed by atoms with Gasteiger partial charge >= 0.3 is 0 Å². The van der Waals surface area contributed by atoms with E-state index in [1.807, 2.05) is 6.07 Å². The summed E-state index contributed by atoms with van der Waals surface area (Å²) < 4.78 is 16.0. The second-order valence-corrected chi connectivity index (χ2v) is 5.62. The highest BCUT2D eigenvalue weighted by Gasteiger charge is 2.10. The molecule has 0 aliphatic heterocycles. The second-order valence-electron chi connectivity index (χ2n) is 5.18. The summed E-state index contributed by atoms with van der Waals surface area (Å²) in [6.45, 7) is -0.190. The quantitative estimate of drug-likeness (QED) is 0.360. The molecule has 0 saturated heterocycles. The third kappa shape index (κ3) is 6.15. The molecule has 1 amide bonds. The summed E-state index contributed by atoms with van der Waals surface area (Å²) in [6.07, 6.45) is 1.53. The average Bonchev–Trinajstić information content (AvgIpc) is 2.67. The number of hydrogen-bond acceptors (Lipinski definition) is 6. The van der Waals surface area contributed by atoms with Gasteiger partial charge in [0.05, 0.1) is 26.1 Å². The highest BCUT2D eigenvalue weighted by atomic mass is 32.1. The predicted octanol–water partition coefficient (Wildman–Crippen LogP) is 1.89. The van der Waals surface area contributed by atoms with Gasteiger partial charge in [0, 0.05) is 0 Å². The number of amides is 1.